The zero-order chi connectivity index (χ0) is 64.9. The third-order valence-corrected chi connectivity index (χ3v) is 18.5. The van der Waals surface area contributed by atoms with Crippen molar-refractivity contribution < 1.29 is 145 Å². The molecule has 0 atom stereocenters. The van der Waals surface area contributed by atoms with Crippen LogP contribution in [0.25, 0.3) is 0 Å². The van der Waals surface area contributed by atoms with Crippen LogP contribution in [0.2, 0.25) is 10.6 Å². The molecule has 0 aliphatic rings. The molecular weight excluding hydrogens is 1420 g/mol. The van der Waals surface area contributed by atoms with Crippen LogP contribution in [0.3, 0.4) is 0 Å². The van der Waals surface area contributed by atoms with E-state index in [9.17, 15) is 77.1 Å². The molecule has 0 unspecified atom stereocenters. The minimum absolute atomic E-state index is 0. The van der Waals surface area contributed by atoms with Crippen molar-refractivity contribution >= 4 is 152 Å². The first-order chi connectivity index (χ1) is 41.4. The van der Waals surface area contributed by atoms with E-state index in [1.54, 1.807) is 0 Å². The van der Waals surface area contributed by atoms with Gasteiger partial charge in [0.15, 0.2) is 19.7 Å². The van der Waals surface area contributed by atoms with Gasteiger partial charge in [0.1, 0.15) is 20.2 Å². The number of halogens is 2. The van der Waals surface area contributed by atoms with Gasteiger partial charge in [-0.25, -0.2) is 83.6 Å². The molecule has 0 fully saturated rings. The number of H-pyrrole nitrogens is 4. The first-order valence-corrected chi connectivity index (χ1v) is 34.6. The van der Waals surface area contributed by atoms with Crippen LogP contribution >= 0.6 is 23.2 Å². The van der Waals surface area contributed by atoms with Gasteiger partial charge in [0.05, 0.1) is 71.9 Å². The summed E-state index contributed by atoms with van der Waals surface area (Å²) in [4.78, 5) is 43.9. The predicted molar refractivity (Wildman–Crippen MR) is 302 cm³/mol. The molecule has 3 aromatic heterocycles. The number of hydrogen-bond acceptors (Lipinski definition) is 32. The topological polar surface area (TPSA) is 589 Å². The number of rotatable bonds is 23. The standard InChI is InChI=1S/C43H39Cl2N17O20S7.2Na/c44-35-53-37(47-24-4-10-28(11-5-24)83(63,64)18-16-81-88(75,76)77)57-41(55-35)51-31-14-8-26(21-33(31)86(69,70)71)49-39-59-40(61-43(60-39)62-85(67,68)30-3-1-2-23(46)20-30)50-27-9-15-32(34(22-27)87(72,73)74)52-42-56-36(45)54-38(58-42)48-25-6-12-29(13-7-25)84(65,66)19-17-82-89(78,79)80;;/h1-15,20-22H,16-19,46H2,(H,69,70,71)(H,72,73,74)(H,75,76,77)(H,78,79,80)(H2,47,51,53,55,57)(H2,48,52,54,56,58)(H3,49,50,59,60,61,62);;/q;2*+1/p-4. The summed E-state index contributed by atoms with van der Waals surface area (Å²) in [5.74, 6) is -2.96. The van der Waals surface area contributed by atoms with Gasteiger partial charge in [-0.05, 0) is 126 Å². The first-order valence-electron chi connectivity index (χ1n) is 23.6. The molecule has 91 heavy (non-hydrogen) atoms. The van der Waals surface area contributed by atoms with Crippen LogP contribution < -0.4 is 103 Å². The second-order valence-electron chi connectivity index (χ2n) is 17.2. The number of sulfonamides is 1. The zero-order valence-electron chi connectivity index (χ0n) is 45.6. The average molecular weight is 1450 g/mol. The summed E-state index contributed by atoms with van der Waals surface area (Å²) in [7, 11) is -34.0. The summed E-state index contributed by atoms with van der Waals surface area (Å²) in [6.07, 6.45) is 0. The third kappa shape index (κ3) is 21.5. The van der Waals surface area contributed by atoms with Gasteiger partial charge in [-0.15, -0.1) is 0 Å². The Morgan fingerprint density at radius 1 is 0.484 bits per heavy atom. The Bertz CT molecular complexity index is 4960. The summed E-state index contributed by atoms with van der Waals surface area (Å²) in [5, 5.41) is 4.64. The number of sulfone groups is 2. The maximum Gasteiger partial charge on any atom is 1.00 e. The summed E-state index contributed by atoms with van der Waals surface area (Å²) < 4.78 is 228. The molecule has 0 radical (unpaired) electrons. The van der Waals surface area contributed by atoms with Crippen LogP contribution in [0.5, 0.6) is 0 Å². The zero-order valence-corrected chi connectivity index (χ0v) is 56.8. The number of aromatic nitrogens is 9. The van der Waals surface area contributed by atoms with Crippen LogP contribution in [0, 0.1) is 0 Å². The fourth-order valence-corrected chi connectivity index (χ4v) is 12.7. The Morgan fingerprint density at radius 2 is 0.912 bits per heavy atom. The van der Waals surface area contributed by atoms with Crippen LogP contribution in [0.1, 0.15) is 0 Å². The van der Waals surface area contributed by atoms with Crippen molar-refractivity contribution in [2.45, 2.75) is 24.5 Å². The molecule has 0 saturated carbocycles. The summed E-state index contributed by atoms with van der Waals surface area (Å²) in [5.41, 5.74) is 2.40. The second kappa shape index (κ2) is 29.6. The second-order valence-corrected chi connectivity index (χ2v) is 28.6. The Hall–Kier alpha value is -6.48. The molecule has 48 heteroatoms. The van der Waals surface area contributed by atoms with Gasteiger partial charge < -0.3 is 34.6 Å². The van der Waals surface area contributed by atoms with E-state index >= 15 is 0 Å². The Balaban J connectivity index is 0.00000658. The van der Waals surface area contributed by atoms with E-state index in [2.05, 4.69) is 88.5 Å². The summed E-state index contributed by atoms with van der Waals surface area (Å²) >= 11 is 12.3. The van der Waals surface area contributed by atoms with E-state index in [4.69, 9.17) is 28.9 Å². The molecule has 5 aromatic carbocycles. The van der Waals surface area contributed by atoms with Gasteiger partial charge in [0, 0.05) is 17.1 Å². The molecule has 0 bridgehead atoms. The van der Waals surface area contributed by atoms with Gasteiger partial charge in [-0.3, -0.25) is 28.3 Å². The normalized spacial score (nSPS) is 13.3. The number of hydrogen-bond donors (Lipinski definition) is 8. The maximum absolute atomic E-state index is 13.6. The van der Waals surface area contributed by atoms with Gasteiger partial charge in [0.25, 0.3) is 10.0 Å². The molecule has 0 aliphatic heterocycles. The number of nitrogens with one attached hydrogen (secondary N) is 7. The van der Waals surface area contributed by atoms with Gasteiger partial charge in [0.2, 0.25) is 71.7 Å². The molecular formula is C43H35Cl2N17Na2O20S7-2. The van der Waals surface area contributed by atoms with Crippen molar-refractivity contribution in [1.29, 1.82) is 0 Å². The molecule has 3 heterocycles. The molecule has 0 amide bonds. The van der Waals surface area contributed by atoms with Crippen molar-refractivity contribution in [1.82, 2.24) is 44.9 Å². The van der Waals surface area contributed by atoms with E-state index in [0.717, 1.165) is 66.7 Å². The van der Waals surface area contributed by atoms with Crippen LogP contribution in [0.4, 0.5) is 57.7 Å². The molecule has 8 rings (SSSR count). The van der Waals surface area contributed by atoms with Gasteiger partial charge in [-0.1, -0.05) is 6.07 Å². The largest absolute Gasteiger partial charge is 1.00 e. The number of aromatic amines is 4. The molecule has 9 N–H and O–H groups in total. The number of nitrogen functional groups attached to an aromatic ring is 1. The van der Waals surface area contributed by atoms with Gasteiger partial charge in [-0.2, -0.15) is 24.9 Å². The fourth-order valence-electron chi connectivity index (χ4n) is 7.07. The number of nitrogens with zero attached hydrogens (tertiary/aromatic N) is 9. The van der Waals surface area contributed by atoms with E-state index in [1.165, 1.54) is 42.5 Å². The van der Waals surface area contributed by atoms with E-state index in [0.29, 0.717) is 0 Å². The Kier molecular flexibility index (Phi) is 24.0. The van der Waals surface area contributed by atoms with Crippen LogP contribution in [-0.4, -0.2) is 147 Å². The molecule has 37 nitrogen and oxygen atoms in total. The maximum atomic E-state index is 13.6. The monoisotopic (exact) mass is 1450 g/mol. The number of anilines is 6. The Labute approximate surface area is 567 Å². The smallest absolute Gasteiger partial charge is 0.744 e. The van der Waals surface area contributed by atoms with E-state index < -0.39 is 145 Å². The summed E-state index contributed by atoms with van der Waals surface area (Å²) in [6, 6.07) is 20.2. The fraction of sp³-hybridized carbons (Fsp3) is 0.0930. The minimum Gasteiger partial charge on any atom is -0.744 e. The van der Waals surface area contributed by atoms with Crippen molar-refractivity contribution in [2.75, 3.05) is 45.8 Å². The minimum atomic E-state index is -5.46. The van der Waals surface area contributed by atoms with Crippen LogP contribution in [-0.2, 0) is 79.1 Å². The number of nitrogens with two attached hydrogens (primary N) is 1. The summed E-state index contributed by atoms with van der Waals surface area (Å²) in [6.45, 7) is -1.87. The predicted octanol–water partition coefficient (Wildman–Crippen LogP) is -5.60. The van der Waals surface area contributed by atoms with Crippen LogP contribution in [0.15, 0.2) is 154 Å². The molecule has 0 aliphatic carbocycles. The quantitative estimate of drug-likeness (QED) is 0.0128. The average Bonchev–Trinajstić information content (AvgIpc) is 0.893. The van der Waals surface area contributed by atoms with Gasteiger partial charge >= 0.3 is 59.1 Å². The molecule has 472 valence electrons. The molecule has 0 spiro atoms. The number of benzene rings is 5. The van der Waals surface area contributed by atoms with Crippen molar-refractivity contribution in [2.24, 2.45) is 20.0 Å². The molecule has 0 saturated heterocycles. The first kappa shape index (κ1) is 73.6. The SMILES string of the molecule is Nc1cccc(S(=O)(=O)Nc2nc(=Nc3ccc(N=c4nc(Nc5ccc(S(=O)(=O)CCOS(=O)(=O)[O-])cc5)nc(Cl)[nH]4)c(S(=O)(=O)[O-])c3)[nH]c(=Nc3ccc(N=c4nc(Nc5ccc(S(=O)(=O)CCOS(=O)(=O)[O-])cc5)nc(Cl)[nH]4)c(S(=O)(=O)[O-])c3)[nH]2)c1.[Na+].[Na+]. The van der Waals surface area contributed by atoms with Crippen molar-refractivity contribution in [3.05, 3.63) is 142 Å². The van der Waals surface area contributed by atoms with E-state index in [1.807, 2.05) is 0 Å². The van der Waals surface area contributed by atoms with Crippen molar-refractivity contribution in [3.63, 3.8) is 0 Å². The molecule has 8 aromatic rings. The van der Waals surface area contributed by atoms with E-state index in [-0.39, 0.29) is 125 Å². The van der Waals surface area contributed by atoms with Crippen molar-refractivity contribution in [3.8, 4) is 0 Å². The third-order valence-electron chi connectivity index (χ3n) is 10.8. The Morgan fingerprint density at radius 3 is 1.33 bits per heavy atom.